The molecule has 7 aliphatic heterocycles. The number of piperazine rings is 1. The number of nitrogens with zero attached hydrogens (tertiary/aromatic N) is 2. The van der Waals surface area contributed by atoms with Crippen LogP contribution < -0.4 is 38.5 Å². The second-order valence-electron chi connectivity index (χ2n) is 22.0. The lowest BCUT2D eigenvalue weighted by Gasteiger charge is -2.62. The van der Waals surface area contributed by atoms with E-state index in [2.05, 4.69) is 10.2 Å². The number of aliphatic hydroxyl groups excluding tert-OH is 1. The van der Waals surface area contributed by atoms with Crippen molar-refractivity contribution in [3.63, 3.8) is 0 Å². The molecule has 72 heavy (non-hydrogen) atoms. The first-order valence-electron chi connectivity index (χ1n) is 24.1. The molecule has 20 heteroatoms. The largest absolute Gasteiger partial charge is 0.514 e. The molecule has 2 N–H and O–H groups in total. The average Bonchev–Trinajstić information content (AvgIpc) is 3.76. The highest BCUT2D eigenvalue weighted by molar-refractivity contribution is 7.99. The van der Waals surface area contributed by atoms with Crippen LogP contribution in [-0.4, -0.2) is 121 Å². The summed E-state index contributed by atoms with van der Waals surface area (Å²) in [6, 6.07) is 2.47. The summed E-state index contributed by atoms with van der Waals surface area (Å²) in [5.41, 5.74) is 0.763. The number of aliphatic hydroxyl groups is 1. The van der Waals surface area contributed by atoms with Crippen molar-refractivity contribution in [3.8, 4) is 40.2 Å². The monoisotopic (exact) mass is 1020 g/mol. The number of carbonyl (C=O) groups is 4. The lowest BCUT2D eigenvalue weighted by atomic mass is 9.73. The van der Waals surface area contributed by atoms with Gasteiger partial charge in [-0.25, -0.2) is 19.2 Å². The molecule has 2 fully saturated rings. The van der Waals surface area contributed by atoms with Gasteiger partial charge in [0.2, 0.25) is 6.79 Å². The third-order valence-electron chi connectivity index (χ3n) is 13.7. The fourth-order valence-electron chi connectivity index (χ4n) is 11.1. The van der Waals surface area contributed by atoms with Gasteiger partial charge in [-0.05, 0) is 130 Å². The minimum Gasteiger partial charge on any atom is -0.493 e. The Hall–Kier alpha value is -5.67. The van der Waals surface area contributed by atoms with Gasteiger partial charge in [0, 0.05) is 40.6 Å². The molecule has 0 amide bonds. The van der Waals surface area contributed by atoms with Crippen molar-refractivity contribution >= 4 is 36.2 Å². The van der Waals surface area contributed by atoms with E-state index in [-0.39, 0.29) is 42.2 Å². The Kier molecular flexibility index (Phi) is 13.1. The summed E-state index contributed by atoms with van der Waals surface area (Å²) in [6.07, 6.45) is -3.20. The number of ether oxygens (including phenoxy) is 11. The van der Waals surface area contributed by atoms with Crippen LogP contribution in [0, 0.1) is 13.8 Å². The molecule has 1 spiro atoms. The van der Waals surface area contributed by atoms with Gasteiger partial charge in [0.1, 0.15) is 35.4 Å². The molecule has 7 atom stereocenters. The van der Waals surface area contributed by atoms with E-state index in [1.54, 1.807) is 81.4 Å². The lowest BCUT2D eigenvalue weighted by molar-refractivity contribution is -0.186. The topological polar surface area (TPSA) is 209 Å². The van der Waals surface area contributed by atoms with Crippen LogP contribution in [0.2, 0.25) is 0 Å². The highest BCUT2D eigenvalue weighted by Crippen LogP contribution is 2.65. The van der Waals surface area contributed by atoms with Crippen molar-refractivity contribution < 1.29 is 76.4 Å². The lowest BCUT2D eigenvalue weighted by Crippen LogP contribution is -2.70. The Bertz CT molecular complexity index is 2730. The summed E-state index contributed by atoms with van der Waals surface area (Å²) >= 11 is 1.38. The number of benzene rings is 3. The SMILES string of the molecule is COc1cc2c(cc1OC(=O)OC(C)(C)C)CCN[C@]21CS[C@@H]2c3c(OC(=O)OC(C)(C)C)c(C)c4c(c3[C@@H](COC1=O)N1C2[C@H]2c3c(cc(C)c(OC)c3OC(=O)OC(C)(C)C)C[C@@H]([C@@H]1O)N2C)OCO4. The highest BCUT2D eigenvalue weighted by Gasteiger charge is 2.62. The number of thioether (sulfide) groups is 1. The molecule has 0 aliphatic carbocycles. The third kappa shape index (κ3) is 9.00. The Labute approximate surface area is 423 Å². The second kappa shape index (κ2) is 18.4. The zero-order valence-corrected chi connectivity index (χ0v) is 44.1. The molecular weight excluding hydrogens is 955 g/mol. The van der Waals surface area contributed by atoms with Crippen LogP contribution in [0.25, 0.3) is 0 Å². The Morgan fingerprint density at radius 1 is 0.764 bits per heavy atom. The standard InChI is InChI=1S/C52H65N3O16S/c1-24-17-27-18-29-44(56)55-30-21-63-45(57)52(28-20-31(61-13)32(19-26(28)15-16-53-52)66-46(58)69-49(3,4)5)22-72-43(35-34(30)41-40(64-23-65-41)25(2)39(35)67-47(59)70-50(6,7)8)37(55)36(54(29)12)33(27)42(38(24)62-14)68-48(60)71-51(9,10)11/h17,19-20,29-30,36-37,43-44,53,56H,15-16,18,21-23H2,1-14H3/t29-,30+,36+,37?,43+,44-,52+/m0/s1. The van der Waals surface area contributed by atoms with Crippen LogP contribution in [0.3, 0.4) is 0 Å². The molecule has 2 saturated heterocycles. The predicted octanol–water partition coefficient (Wildman–Crippen LogP) is 8.02. The van der Waals surface area contributed by atoms with Crippen LogP contribution in [0.1, 0.15) is 124 Å². The number of methoxy groups -OCH3 is 2. The molecule has 0 radical (unpaired) electrons. The summed E-state index contributed by atoms with van der Waals surface area (Å²) in [7, 11) is 4.87. The fraction of sp³-hybridized carbons (Fsp3) is 0.577. The first-order chi connectivity index (χ1) is 33.8. The molecule has 0 aromatic heterocycles. The minimum absolute atomic E-state index is 0.00797. The maximum Gasteiger partial charge on any atom is 0.514 e. The van der Waals surface area contributed by atoms with Crippen molar-refractivity contribution in [2.45, 2.75) is 147 Å². The zero-order valence-electron chi connectivity index (χ0n) is 43.3. The van der Waals surface area contributed by atoms with Crippen molar-refractivity contribution in [2.75, 3.05) is 47.0 Å². The molecular formula is C52H65N3O16S. The van der Waals surface area contributed by atoms with E-state index < -0.39 is 82.4 Å². The van der Waals surface area contributed by atoms with E-state index in [1.165, 1.54) is 26.0 Å². The number of carbonyl (C=O) groups excluding carboxylic acids is 4. The van der Waals surface area contributed by atoms with Crippen molar-refractivity contribution in [1.82, 2.24) is 15.1 Å². The van der Waals surface area contributed by atoms with Gasteiger partial charge < -0.3 is 57.2 Å². The first kappa shape index (κ1) is 51.2. The minimum atomic E-state index is -1.53. The number of fused-ring (bicyclic) bond motifs is 9. The van der Waals surface area contributed by atoms with E-state index in [9.17, 15) is 19.5 Å². The van der Waals surface area contributed by atoms with Gasteiger partial charge in [-0.2, -0.15) is 0 Å². The van der Waals surface area contributed by atoms with E-state index in [4.69, 9.17) is 52.1 Å². The molecule has 7 aliphatic rings. The number of hydrogen-bond acceptors (Lipinski definition) is 20. The van der Waals surface area contributed by atoms with Gasteiger partial charge in [0.15, 0.2) is 40.0 Å². The molecule has 7 heterocycles. The van der Waals surface area contributed by atoms with Crippen molar-refractivity contribution in [1.29, 1.82) is 0 Å². The van der Waals surface area contributed by atoms with Crippen LogP contribution in [-0.2, 0) is 42.1 Å². The Morgan fingerprint density at radius 3 is 2.01 bits per heavy atom. The fourth-order valence-corrected chi connectivity index (χ4v) is 12.8. The number of hydrogen-bond donors (Lipinski definition) is 2. The normalized spacial score (nSPS) is 25.5. The van der Waals surface area contributed by atoms with Crippen LogP contribution in [0.4, 0.5) is 14.4 Å². The van der Waals surface area contributed by atoms with Gasteiger partial charge in [-0.1, -0.05) is 6.07 Å². The zero-order chi connectivity index (χ0) is 52.1. The summed E-state index contributed by atoms with van der Waals surface area (Å²) < 4.78 is 66.2. The van der Waals surface area contributed by atoms with E-state index >= 15 is 4.79 Å². The molecule has 390 valence electrons. The van der Waals surface area contributed by atoms with Crippen molar-refractivity contribution in [2.24, 2.45) is 0 Å². The molecule has 1 unspecified atom stereocenters. The molecule has 19 nitrogen and oxygen atoms in total. The van der Waals surface area contributed by atoms with Crippen LogP contribution in [0.15, 0.2) is 18.2 Å². The molecule has 4 bridgehead atoms. The van der Waals surface area contributed by atoms with Crippen LogP contribution in [0.5, 0.6) is 40.2 Å². The maximum atomic E-state index is 15.3. The van der Waals surface area contributed by atoms with E-state index in [1.807, 2.05) is 24.9 Å². The smallest absolute Gasteiger partial charge is 0.493 e. The molecule has 0 saturated carbocycles. The summed E-state index contributed by atoms with van der Waals surface area (Å²) in [6.45, 7) is 19.2. The van der Waals surface area contributed by atoms with Crippen molar-refractivity contribution in [3.05, 3.63) is 62.7 Å². The van der Waals surface area contributed by atoms with Gasteiger partial charge in [0.25, 0.3) is 0 Å². The number of aryl methyl sites for hydroxylation is 1. The van der Waals surface area contributed by atoms with Gasteiger partial charge in [-0.3, -0.25) is 15.1 Å². The van der Waals surface area contributed by atoms with Gasteiger partial charge in [0.05, 0.1) is 37.6 Å². The average molecular weight is 1020 g/mol. The number of likely N-dealkylation sites (N-methyl/N-ethyl adjacent to an activating group) is 1. The summed E-state index contributed by atoms with van der Waals surface area (Å²) in [4.78, 5) is 60.1. The molecule has 10 rings (SSSR count). The van der Waals surface area contributed by atoms with Gasteiger partial charge in [-0.15, -0.1) is 11.8 Å². The molecule has 3 aromatic carbocycles. The quantitative estimate of drug-likeness (QED) is 0.141. The highest BCUT2D eigenvalue weighted by atomic mass is 32.2. The van der Waals surface area contributed by atoms with E-state index in [0.29, 0.717) is 75.6 Å². The third-order valence-corrected chi connectivity index (χ3v) is 15.2. The Balaban J connectivity index is 1.28. The van der Waals surface area contributed by atoms with Gasteiger partial charge >= 0.3 is 24.4 Å². The first-order valence-corrected chi connectivity index (χ1v) is 25.1. The summed E-state index contributed by atoms with van der Waals surface area (Å²) in [5.74, 6) is 1.06. The number of rotatable bonds is 5. The Morgan fingerprint density at radius 2 is 1.39 bits per heavy atom. The number of esters is 1. The second-order valence-corrected chi connectivity index (χ2v) is 23.1. The molecule has 3 aromatic rings. The van der Waals surface area contributed by atoms with E-state index in [0.717, 1.165) is 5.56 Å². The predicted molar refractivity (Wildman–Crippen MR) is 261 cm³/mol. The summed E-state index contributed by atoms with van der Waals surface area (Å²) in [5, 5.41) is 15.7. The number of nitrogens with one attached hydrogen (secondary N) is 1. The van der Waals surface area contributed by atoms with Crippen LogP contribution >= 0.6 is 11.8 Å². The maximum absolute atomic E-state index is 15.3.